The first kappa shape index (κ1) is 23.8. The van der Waals surface area contributed by atoms with Gasteiger partial charge in [-0.05, 0) is 42.0 Å². The molecule has 4 aromatic rings. The number of para-hydroxylation sites is 1. The molecule has 0 fully saturated rings. The number of imidazole rings is 1. The highest BCUT2D eigenvalue weighted by Gasteiger charge is 2.27. The number of amides is 1. The van der Waals surface area contributed by atoms with Crippen molar-refractivity contribution < 1.29 is 13.2 Å². The van der Waals surface area contributed by atoms with Gasteiger partial charge in [-0.2, -0.15) is 0 Å². The molecular weight excluding hydrogens is 495 g/mol. The van der Waals surface area contributed by atoms with Crippen LogP contribution in [0.2, 0.25) is 10.0 Å². The van der Waals surface area contributed by atoms with Gasteiger partial charge in [0.05, 0.1) is 22.6 Å². The minimum atomic E-state index is -4.07. The summed E-state index contributed by atoms with van der Waals surface area (Å²) >= 11 is 12.2. The molecule has 34 heavy (non-hydrogen) atoms. The van der Waals surface area contributed by atoms with E-state index in [1.807, 2.05) is 28.8 Å². The van der Waals surface area contributed by atoms with Crippen LogP contribution < -0.4 is 9.62 Å². The van der Waals surface area contributed by atoms with Gasteiger partial charge >= 0.3 is 0 Å². The smallest absolute Gasteiger partial charge is 0.264 e. The minimum Gasteiger partial charge on any atom is -0.350 e. The van der Waals surface area contributed by atoms with Gasteiger partial charge in [-0.25, -0.2) is 13.4 Å². The number of aromatic nitrogens is 2. The van der Waals surface area contributed by atoms with E-state index >= 15 is 0 Å². The molecule has 0 atom stereocenters. The number of halogens is 2. The van der Waals surface area contributed by atoms with Crippen molar-refractivity contribution in [1.29, 1.82) is 0 Å². The SMILES string of the molecule is O=C(CN(c1cc(Cl)cc(Cl)c1)S(=O)(=O)c1ccccc1)NCc1ccccc1-n1ccnc1. The maximum atomic E-state index is 13.4. The third kappa shape index (κ3) is 5.41. The highest BCUT2D eigenvalue weighted by atomic mass is 35.5. The molecule has 1 amide bonds. The van der Waals surface area contributed by atoms with Gasteiger partial charge in [-0.3, -0.25) is 9.10 Å². The van der Waals surface area contributed by atoms with Crippen LogP contribution in [0, 0.1) is 0 Å². The van der Waals surface area contributed by atoms with Crippen LogP contribution in [-0.4, -0.2) is 30.4 Å². The molecule has 0 saturated heterocycles. The van der Waals surface area contributed by atoms with Crippen LogP contribution in [0.3, 0.4) is 0 Å². The van der Waals surface area contributed by atoms with Crippen molar-refractivity contribution in [2.45, 2.75) is 11.4 Å². The van der Waals surface area contributed by atoms with Crippen LogP contribution in [0.4, 0.5) is 5.69 Å². The van der Waals surface area contributed by atoms with E-state index in [0.29, 0.717) is 0 Å². The van der Waals surface area contributed by atoms with Crippen LogP contribution in [0.15, 0.2) is 96.4 Å². The third-order valence-electron chi connectivity index (χ3n) is 5.00. The van der Waals surface area contributed by atoms with Crippen molar-refractivity contribution in [1.82, 2.24) is 14.9 Å². The molecule has 1 N–H and O–H groups in total. The van der Waals surface area contributed by atoms with Gasteiger partial charge in [0.15, 0.2) is 0 Å². The fourth-order valence-corrected chi connectivity index (χ4v) is 5.35. The van der Waals surface area contributed by atoms with Crippen molar-refractivity contribution in [2.75, 3.05) is 10.8 Å². The van der Waals surface area contributed by atoms with Crippen LogP contribution in [0.25, 0.3) is 5.69 Å². The Kier molecular flexibility index (Phi) is 7.21. The summed E-state index contributed by atoms with van der Waals surface area (Å²) in [4.78, 5) is 17.0. The predicted octanol–water partition coefficient (Wildman–Crippen LogP) is 4.69. The molecule has 0 aliphatic carbocycles. The molecule has 0 unspecified atom stereocenters. The van der Waals surface area contributed by atoms with E-state index in [4.69, 9.17) is 23.2 Å². The summed E-state index contributed by atoms with van der Waals surface area (Å²) in [5, 5.41) is 3.32. The Labute approximate surface area is 207 Å². The number of nitrogens with zero attached hydrogens (tertiary/aromatic N) is 3. The quantitative estimate of drug-likeness (QED) is 0.369. The van der Waals surface area contributed by atoms with E-state index in [1.165, 1.54) is 30.3 Å². The average Bonchev–Trinajstić information content (AvgIpc) is 3.36. The Morgan fingerprint density at radius 3 is 2.32 bits per heavy atom. The summed E-state index contributed by atoms with van der Waals surface area (Å²) in [6.07, 6.45) is 5.13. The number of anilines is 1. The van der Waals surface area contributed by atoms with E-state index in [0.717, 1.165) is 15.6 Å². The van der Waals surface area contributed by atoms with Gasteiger partial charge in [0, 0.05) is 29.0 Å². The Bertz CT molecular complexity index is 1370. The first-order chi connectivity index (χ1) is 16.3. The molecule has 174 valence electrons. The average molecular weight is 515 g/mol. The van der Waals surface area contributed by atoms with Gasteiger partial charge in [0.2, 0.25) is 5.91 Å². The summed E-state index contributed by atoms with van der Waals surface area (Å²) in [5.41, 5.74) is 1.89. The topological polar surface area (TPSA) is 84.3 Å². The Balaban J connectivity index is 1.60. The summed E-state index contributed by atoms with van der Waals surface area (Å²) in [6, 6.07) is 19.8. The molecule has 3 aromatic carbocycles. The number of carbonyl (C=O) groups is 1. The standard InChI is InChI=1S/C24H20Cl2N4O3S/c25-19-12-20(26)14-21(13-19)30(34(32,33)22-7-2-1-3-8-22)16-24(31)28-15-18-6-4-5-9-23(18)29-11-10-27-17-29/h1-14,17H,15-16H2,(H,28,31). The summed E-state index contributed by atoms with van der Waals surface area (Å²) in [6.45, 7) is -0.260. The molecule has 10 heteroatoms. The third-order valence-corrected chi connectivity index (χ3v) is 7.23. The fraction of sp³-hybridized carbons (Fsp3) is 0.0833. The van der Waals surface area contributed by atoms with Crippen molar-refractivity contribution >= 4 is 44.8 Å². The zero-order valence-corrected chi connectivity index (χ0v) is 20.1. The monoisotopic (exact) mass is 514 g/mol. The molecule has 0 aliphatic rings. The Morgan fingerprint density at radius 1 is 0.971 bits per heavy atom. The zero-order chi connectivity index (χ0) is 24.1. The molecule has 0 saturated carbocycles. The van der Waals surface area contributed by atoms with Crippen LogP contribution in [0.5, 0.6) is 0 Å². The van der Waals surface area contributed by atoms with Gasteiger partial charge in [0.1, 0.15) is 6.54 Å². The van der Waals surface area contributed by atoms with Crippen molar-refractivity contribution in [3.8, 4) is 5.69 Å². The van der Waals surface area contributed by atoms with E-state index in [2.05, 4.69) is 10.3 Å². The number of hydrogen-bond acceptors (Lipinski definition) is 4. The van der Waals surface area contributed by atoms with Gasteiger partial charge < -0.3 is 9.88 Å². The fourth-order valence-electron chi connectivity index (χ4n) is 3.41. The first-order valence-electron chi connectivity index (χ1n) is 10.2. The lowest BCUT2D eigenvalue weighted by Crippen LogP contribution is -2.40. The summed E-state index contributed by atoms with van der Waals surface area (Å²) in [5.74, 6) is -0.490. The van der Waals surface area contributed by atoms with E-state index in [9.17, 15) is 13.2 Å². The van der Waals surface area contributed by atoms with Gasteiger partial charge in [-0.1, -0.05) is 59.6 Å². The number of benzene rings is 3. The van der Waals surface area contributed by atoms with E-state index in [1.54, 1.807) is 36.9 Å². The molecule has 4 rings (SSSR count). The maximum Gasteiger partial charge on any atom is 0.264 e. The van der Waals surface area contributed by atoms with E-state index < -0.39 is 22.5 Å². The van der Waals surface area contributed by atoms with Crippen LogP contribution >= 0.6 is 23.2 Å². The molecule has 7 nitrogen and oxygen atoms in total. The van der Waals surface area contributed by atoms with E-state index in [-0.39, 0.29) is 27.2 Å². The number of hydrogen-bond donors (Lipinski definition) is 1. The van der Waals surface area contributed by atoms with Crippen molar-refractivity contribution in [3.63, 3.8) is 0 Å². The summed E-state index contributed by atoms with van der Waals surface area (Å²) < 4.78 is 29.7. The first-order valence-corrected chi connectivity index (χ1v) is 12.4. The molecule has 0 bridgehead atoms. The molecule has 1 heterocycles. The van der Waals surface area contributed by atoms with Crippen LogP contribution in [0.1, 0.15) is 5.56 Å². The lowest BCUT2D eigenvalue weighted by molar-refractivity contribution is -0.119. The number of sulfonamides is 1. The molecule has 1 aromatic heterocycles. The lowest BCUT2D eigenvalue weighted by Gasteiger charge is -2.24. The Hall–Kier alpha value is -3.33. The summed E-state index contributed by atoms with van der Waals surface area (Å²) in [7, 11) is -4.07. The molecule has 0 radical (unpaired) electrons. The maximum absolute atomic E-state index is 13.4. The highest BCUT2D eigenvalue weighted by molar-refractivity contribution is 7.92. The molecule has 0 spiro atoms. The number of carbonyl (C=O) groups excluding carboxylic acids is 1. The number of rotatable bonds is 8. The normalized spacial score (nSPS) is 11.2. The molecular formula is C24H20Cl2N4O3S. The van der Waals surface area contributed by atoms with Crippen LogP contribution in [-0.2, 0) is 21.4 Å². The second-order valence-corrected chi connectivity index (χ2v) is 10.1. The highest BCUT2D eigenvalue weighted by Crippen LogP contribution is 2.29. The largest absolute Gasteiger partial charge is 0.350 e. The lowest BCUT2D eigenvalue weighted by atomic mass is 10.1. The second kappa shape index (κ2) is 10.3. The van der Waals surface area contributed by atoms with Crippen molar-refractivity contribution in [3.05, 3.63) is 107 Å². The second-order valence-electron chi connectivity index (χ2n) is 7.33. The number of nitrogens with one attached hydrogen (secondary N) is 1. The van der Waals surface area contributed by atoms with Gasteiger partial charge in [-0.15, -0.1) is 0 Å². The minimum absolute atomic E-state index is 0.0457. The van der Waals surface area contributed by atoms with Crippen molar-refractivity contribution in [2.24, 2.45) is 0 Å². The zero-order valence-electron chi connectivity index (χ0n) is 17.8. The van der Waals surface area contributed by atoms with Gasteiger partial charge in [0.25, 0.3) is 10.0 Å². The predicted molar refractivity (Wildman–Crippen MR) is 133 cm³/mol. The Morgan fingerprint density at radius 2 is 1.65 bits per heavy atom. The molecule has 0 aliphatic heterocycles.